The summed E-state index contributed by atoms with van der Waals surface area (Å²) in [4.78, 5) is 0. The molecule has 5 heteroatoms. The van der Waals surface area contributed by atoms with Crippen molar-refractivity contribution in [3.8, 4) is 5.75 Å². The first-order valence-corrected chi connectivity index (χ1v) is 13.4. The monoisotopic (exact) mass is 482 g/mol. The van der Waals surface area contributed by atoms with E-state index < -0.39 is 19.3 Å². The summed E-state index contributed by atoms with van der Waals surface area (Å²) in [5.74, 6) is 0.526. The van der Waals surface area contributed by atoms with Gasteiger partial charge in [0.1, 0.15) is 17.5 Å². The predicted octanol–water partition coefficient (Wildman–Crippen LogP) is 7.22. The summed E-state index contributed by atoms with van der Waals surface area (Å²) in [6, 6.07) is 39.6. The average molecular weight is 483 g/mol. The van der Waals surface area contributed by atoms with Gasteiger partial charge < -0.3 is 9.26 Å². The van der Waals surface area contributed by atoms with Gasteiger partial charge in [-0.2, -0.15) is 0 Å². The molecular formula is C30H27O4P. The van der Waals surface area contributed by atoms with Gasteiger partial charge in [0.25, 0.3) is 0 Å². The van der Waals surface area contributed by atoms with Gasteiger partial charge in [-0.05, 0) is 28.8 Å². The van der Waals surface area contributed by atoms with E-state index in [1.807, 2.05) is 84.9 Å². The van der Waals surface area contributed by atoms with Crippen LogP contribution < -0.4 is 4.52 Å². The Bertz CT molecular complexity index is 1190. The molecule has 0 amide bonds. The number of hydrogen-bond acceptors (Lipinski definition) is 4. The molecule has 176 valence electrons. The van der Waals surface area contributed by atoms with Gasteiger partial charge >= 0.3 is 7.60 Å². The molecule has 1 aliphatic rings. The second-order valence-electron chi connectivity index (χ2n) is 8.36. The van der Waals surface area contributed by atoms with Crippen LogP contribution in [-0.2, 0) is 19.4 Å². The average Bonchev–Trinajstić information content (AvgIpc) is 2.91. The van der Waals surface area contributed by atoms with Gasteiger partial charge in [0, 0.05) is 0 Å². The number of allylic oxidation sites excluding steroid dienone is 1. The van der Waals surface area contributed by atoms with Crippen LogP contribution in [0.1, 0.15) is 16.7 Å². The molecule has 0 fully saturated rings. The van der Waals surface area contributed by atoms with Crippen LogP contribution in [-0.4, -0.2) is 18.9 Å². The Morgan fingerprint density at radius 1 is 0.714 bits per heavy atom. The Balaban J connectivity index is 1.47. The van der Waals surface area contributed by atoms with E-state index in [4.69, 9.17) is 13.8 Å². The van der Waals surface area contributed by atoms with Gasteiger partial charge in [0.15, 0.2) is 0 Å². The van der Waals surface area contributed by atoms with Crippen molar-refractivity contribution in [3.63, 3.8) is 0 Å². The number of para-hydroxylation sites is 1. The van der Waals surface area contributed by atoms with E-state index in [0.29, 0.717) is 5.75 Å². The Labute approximate surface area is 206 Å². The molecule has 2 atom stereocenters. The lowest BCUT2D eigenvalue weighted by molar-refractivity contribution is -0.0211. The SMILES string of the molecule is O=[P@@]1(Oc2ccccc2)CC=C[C@@H](COC(c2ccccc2)(c2ccccc2)c2ccccc2)O1. The van der Waals surface area contributed by atoms with Crippen LogP contribution in [0.3, 0.4) is 0 Å². The van der Waals surface area contributed by atoms with Crippen molar-refractivity contribution in [3.05, 3.63) is 150 Å². The molecule has 0 unspecified atom stereocenters. The molecule has 4 aromatic carbocycles. The van der Waals surface area contributed by atoms with Crippen molar-refractivity contribution in [1.29, 1.82) is 0 Å². The molecule has 0 N–H and O–H groups in total. The highest BCUT2D eigenvalue weighted by Crippen LogP contribution is 2.52. The third-order valence-electron chi connectivity index (χ3n) is 5.97. The highest BCUT2D eigenvalue weighted by Gasteiger charge is 2.39. The van der Waals surface area contributed by atoms with Crippen LogP contribution in [0.25, 0.3) is 0 Å². The highest BCUT2D eigenvalue weighted by molar-refractivity contribution is 7.54. The van der Waals surface area contributed by atoms with Gasteiger partial charge in [-0.25, -0.2) is 4.57 Å². The zero-order chi connectivity index (χ0) is 24.0. The summed E-state index contributed by atoms with van der Waals surface area (Å²) in [6.07, 6.45) is 3.46. The van der Waals surface area contributed by atoms with Crippen LogP contribution >= 0.6 is 7.60 Å². The molecule has 4 nitrogen and oxygen atoms in total. The lowest BCUT2D eigenvalue weighted by Gasteiger charge is -2.37. The number of ether oxygens (including phenoxy) is 1. The minimum absolute atomic E-state index is 0.192. The van der Waals surface area contributed by atoms with Crippen molar-refractivity contribution in [2.24, 2.45) is 0 Å². The van der Waals surface area contributed by atoms with Crippen molar-refractivity contribution in [2.45, 2.75) is 11.7 Å². The summed E-state index contributed by atoms with van der Waals surface area (Å²) in [6.45, 7) is 0.192. The fourth-order valence-electron chi connectivity index (χ4n) is 4.39. The molecular weight excluding hydrogens is 455 g/mol. The third-order valence-corrected chi connectivity index (χ3v) is 7.71. The normalized spacial score (nSPS) is 19.8. The zero-order valence-corrected chi connectivity index (χ0v) is 20.2. The van der Waals surface area contributed by atoms with Gasteiger partial charge in [-0.15, -0.1) is 0 Å². The Morgan fingerprint density at radius 2 is 1.17 bits per heavy atom. The number of benzene rings is 4. The molecule has 1 heterocycles. The second kappa shape index (κ2) is 10.5. The van der Waals surface area contributed by atoms with Crippen molar-refractivity contribution >= 4 is 7.60 Å². The molecule has 5 rings (SSSR count). The van der Waals surface area contributed by atoms with Gasteiger partial charge in [-0.3, -0.25) is 4.52 Å². The Kier molecular flexibility index (Phi) is 6.96. The lowest BCUT2D eigenvalue weighted by atomic mass is 9.80. The fourth-order valence-corrected chi connectivity index (χ4v) is 5.96. The van der Waals surface area contributed by atoms with Crippen LogP contribution in [0.15, 0.2) is 133 Å². The number of rotatable bonds is 8. The Hall–Kier alpha value is -3.43. The first-order chi connectivity index (χ1) is 17.2. The zero-order valence-electron chi connectivity index (χ0n) is 19.3. The van der Waals surface area contributed by atoms with E-state index in [1.165, 1.54) is 0 Å². The van der Waals surface area contributed by atoms with E-state index >= 15 is 0 Å². The maximum atomic E-state index is 13.4. The first kappa shape index (κ1) is 23.3. The largest absolute Gasteiger partial charge is 0.424 e. The summed E-state index contributed by atoms with van der Waals surface area (Å²) in [7, 11) is -3.36. The van der Waals surface area contributed by atoms with E-state index in [1.54, 1.807) is 12.1 Å². The molecule has 1 aliphatic heterocycles. The molecule has 0 spiro atoms. The third kappa shape index (κ3) is 5.16. The number of hydrogen-bond donors (Lipinski definition) is 0. The first-order valence-electron chi connectivity index (χ1n) is 11.7. The smallest absolute Gasteiger partial charge is 0.383 e. The van der Waals surface area contributed by atoms with Gasteiger partial charge in [0.2, 0.25) is 0 Å². The predicted molar refractivity (Wildman–Crippen MR) is 139 cm³/mol. The molecule has 0 bridgehead atoms. The van der Waals surface area contributed by atoms with E-state index in [0.717, 1.165) is 16.7 Å². The summed E-state index contributed by atoms with van der Waals surface area (Å²) < 4.78 is 32.0. The van der Waals surface area contributed by atoms with Crippen LogP contribution in [0.5, 0.6) is 5.75 Å². The molecule has 0 radical (unpaired) electrons. The fraction of sp³-hybridized carbons (Fsp3) is 0.133. The maximum absolute atomic E-state index is 13.4. The molecule has 0 saturated heterocycles. The van der Waals surface area contributed by atoms with E-state index in [9.17, 15) is 4.57 Å². The summed E-state index contributed by atoms with van der Waals surface area (Å²) >= 11 is 0. The van der Waals surface area contributed by atoms with Crippen molar-refractivity contribution in [2.75, 3.05) is 12.8 Å². The minimum Gasteiger partial charge on any atom is -0.424 e. The summed E-state index contributed by atoms with van der Waals surface area (Å²) in [5.41, 5.74) is 2.13. The van der Waals surface area contributed by atoms with Gasteiger partial charge in [-0.1, -0.05) is 121 Å². The topological polar surface area (TPSA) is 44.8 Å². The molecule has 0 aliphatic carbocycles. The molecule has 0 aromatic heterocycles. The minimum atomic E-state index is -3.36. The second-order valence-corrected chi connectivity index (χ2v) is 10.3. The standard InChI is InChI=1S/C30H27O4P/c31-35(33-28-20-11-4-12-21-28)23-13-22-29(34-35)24-32-30(25-14-5-1-6-15-25,26-16-7-2-8-17-26)27-18-9-3-10-19-27/h1-22,29H,23-24H2/t29-,35+/m0/s1. The van der Waals surface area contributed by atoms with E-state index in [-0.39, 0.29) is 12.8 Å². The van der Waals surface area contributed by atoms with Crippen LogP contribution in [0.4, 0.5) is 0 Å². The van der Waals surface area contributed by atoms with Crippen molar-refractivity contribution in [1.82, 2.24) is 0 Å². The molecule has 35 heavy (non-hydrogen) atoms. The molecule has 4 aromatic rings. The lowest BCUT2D eigenvalue weighted by Crippen LogP contribution is -2.36. The van der Waals surface area contributed by atoms with E-state index in [2.05, 4.69) is 36.4 Å². The van der Waals surface area contributed by atoms with Gasteiger partial charge in [0.05, 0.1) is 12.8 Å². The van der Waals surface area contributed by atoms with Crippen LogP contribution in [0, 0.1) is 0 Å². The highest BCUT2D eigenvalue weighted by atomic mass is 31.2. The Morgan fingerprint density at radius 3 is 1.66 bits per heavy atom. The summed E-state index contributed by atoms with van der Waals surface area (Å²) in [5, 5.41) is 0. The van der Waals surface area contributed by atoms with Crippen LogP contribution in [0.2, 0.25) is 0 Å². The quantitative estimate of drug-likeness (QED) is 0.151. The maximum Gasteiger partial charge on any atom is 0.383 e. The molecule has 0 saturated carbocycles. The van der Waals surface area contributed by atoms with Crippen molar-refractivity contribution < 1.29 is 18.3 Å².